The average molecular weight is 325 g/mol. The zero-order valence-electron chi connectivity index (χ0n) is 10.4. The standard InChI is InChI=1S/C13H13BrN2OS/c1-8-4-5-10(6-11(8)14)16(3)13(17)12-7-15-9(2)18-12/h4-7H,1-3H3. The number of rotatable bonds is 2. The van der Waals surface area contributed by atoms with Gasteiger partial charge in [-0.1, -0.05) is 22.0 Å². The lowest BCUT2D eigenvalue weighted by atomic mass is 10.2. The van der Waals surface area contributed by atoms with E-state index in [9.17, 15) is 4.79 Å². The number of benzene rings is 1. The van der Waals surface area contributed by atoms with Crippen LogP contribution < -0.4 is 4.90 Å². The molecule has 5 heteroatoms. The van der Waals surface area contributed by atoms with Gasteiger partial charge < -0.3 is 4.90 Å². The zero-order valence-corrected chi connectivity index (χ0v) is 12.8. The van der Waals surface area contributed by atoms with Gasteiger partial charge in [-0.15, -0.1) is 11.3 Å². The van der Waals surface area contributed by atoms with Crippen molar-refractivity contribution in [1.29, 1.82) is 0 Å². The fourth-order valence-corrected chi connectivity index (χ4v) is 2.65. The van der Waals surface area contributed by atoms with Crippen LogP contribution in [0.2, 0.25) is 0 Å². The Labute approximate surface area is 119 Å². The van der Waals surface area contributed by atoms with Crippen molar-refractivity contribution in [3.8, 4) is 0 Å². The van der Waals surface area contributed by atoms with Crippen LogP contribution in [-0.4, -0.2) is 17.9 Å². The Kier molecular flexibility index (Phi) is 3.82. The number of amides is 1. The quantitative estimate of drug-likeness (QED) is 0.841. The third kappa shape index (κ3) is 2.62. The molecule has 0 spiro atoms. The summed E-state index contributed by atoms with van der Waals surface area (Å²) in [5, 5.41) is 0.900. The van der Waals surface area contributed by atoms with Crippen molar-refractivity contribution in [2.45, 2.75) is 13.8 Å². The fourth-order valence-electron chi connectivity index (χ4n) is 1.53. The summed E-state index contributed by atoms with van der Waals surface area (Å²) in [6.45, 7) is 3.91. The van der Waals surface area contributed by atoms with Gasteiger partial charge in [0, 0.05) is 17.2 Å². The Morgan fingerprint density at radius 3 is 2.67 bits per heavy atom. The molecule has 18 heavy (non-hydrogen) atoms. The first kappa shape index (κ1) is 13.2. The Balaban J connectivity index is 2.28. The van der Waals surface area contributed by atoms with Crippen molar-refractivity contribution in [2.24, 2.45) is 0 Å². The predicted molar refractivity (Wildman–Crippen MR) is 78.5 cm³/mol. The van der Waals surface area contributed by atoms with Crippen molar-refractivity contribution < 1.29 is 4.79 Å². The van der Waals surface area contributed by atoms with E-state index in [0.29, 0.717) is 4.88 Å². The lowest BCUT2D eigenvalue weighted by Crippen LogP contribution is -2.25. The molecule has 0 unspecified atom stereocenters. The van der Waals surface area contributed by atoms with Gasteiger partial charge in [-0.3, -0.25) is 4.79 Å². The fraction of sp³-hybridized carbons (Fsp3) is 0.231. The molecular weight excluding hydrogens is 312 g/mol. The number of aryl methyl sites for hydroxylation is 2. The molecule has 0 saturated heterocycles. The van der Waals surface area contributed by atoms with Gasteiger partial charge in [-0.2, -0.15) is 0 Å². The van der Waals surface area contributed by atoms with E-state index in [-0.39, 0.29) is 5.91 Å². The average Bonchev–Trinajstić information content (AvgIpc) is 2.77. The summed E-state index contributed by atoms with van der Waals surface area (Å²) in [6.07, 6.45) is 1.63. The third-order valence-electron chi connectivity index (χ3n) is 2.68. The largest absolute Gasteiger partial charge is 0.311 e. The summed E-state index contributed by atoms with van der Waals surface area (Å²) < 4.78 is 1.00. The number of halogens is 1. The second-order valence-corrected chi connectivity index (χ2v) is 6.13. The number of carbonyl (C=O) groups is 1. The molecule has 0 atom stereocenters. The van der Waals surface area contributed by atoms with Gasteiger partial charge in [-0.25, -0.2) is 4.98 Å². The first-order valence-electron chi connectivity index (χ1n) is 5.45. The van der Waals surface area contributed by atoms with Crippen molar-refractivity contribution in [3.63, 3.8) is 0 Å². The minimum absolute atomic E-state index is 0.0312. The van der Waals surface area contributed by atoms with E-state index in [1.54, 1.807) is 18.1 Å². The number of anilines is 1. The summed E-state index contributed by atoms with van der Waals surface area (Å²) in [7, 11) is 1.77. The number of hydrogen-bond acceptors (Lipinski definition) is 3. The zero-order chi connectivity index (χ0) is 13.3. The second kappa shape index (κ2) is 5.20. The molecule has 2 rings (SSSR count). The molecule has 1 aromatic heterocycles. The summed E-state index contributed by atoms with van der Waals surface area (Å²) >= 11 is 4.89. The van der Waals surface area contributed by atoms with Gasteiger partial charge in [0.15, 0.2) is 0 Å². The maximum atomic E-state index is 12.2. The monoisotopic (exact) mass is 324 g/mol. The highest BCUT2D eigenvalue weighted by molar-refractivity contribution is 9.10. The van der Waals surface area contributed by atoms with Gasteiger partial charge in [0.2, 0.25) is 0 Å². The van der Waals surface area contributed by atoms with Crippen LogP contribution in [0.4, 0.5) is 5.69 Å². The summed E-state index contributed by atoms with van der Waals surface area (Å²) in [5.41, 5.74) is 2.01. The van der Waals surface area contributed by atoms with E-state index in [4.69, 9.17) is 0 Å². The second-order valence-electron chi connectivity index (χ2n) is 4.04. The van der Waals surface area contributed by atoms with E-state index in [1.165, 1.54) is 11.3 Å². The Hall–Kier alpha value is -1.20. The molecule has 0 saturated carbocycles. The highest BCUT2D eigenvalue weighted by atomic mass is 79.9. The molecule has 0 bridgehead atoms. The van der Waals surface area contributed by atoms with Gasteiger partial charge in [0.25, 0.3) is 5.91 Å². The normalized spacial score (nSPS) is 10.4. The SMILES string of the molecule is Cc1ncc(C(=O)N(C)c2ccc(C)c(Br)c2)s1. The molecule has 1 amide bonds. The number of aromatic nitrogens is 1. The first-order chi connectivity index (χ1) is 8.49. The number of thiazole rings is 1. The van der Waals surface area contributed by atoms with Crippen molar-refractivity contribution >= 4 is 38.9 Å². The third-order valence-corrected chi connectivity index (χ3v) is 4.43. The number of hydrogen-bond donors (Lipinski definition) is 0. The van der Waals surface area contributed by atoms with Crippen molar-refractivity contribution in [3.05, 3.63) is 44.3 Å². The van der Waals surface area contributed by atoms with Crippen LogP contribution in [-0.2, 0) is 0 Å². The molecule has 3 nitrogen and oxygen atoms in total. The van der Waals surface area contributed by atoms with Gasteiger partial charge in [0.1, 0.15) is 4.88 Å². The summed E-state index contributed by atoms with van der Waals surface area (Å²) in [6, 6.07) is 5.87. The summed E-state index contributed by atoms with van der Waals surface area (Å²) in [4.78, 5) is 18.6. The maximum Gasteiger partial charge on any atom is 0.269 e. The van der Waals surface area contributed by atoms with E-state index in [1.807, 2.05) is 32.0 Å². The number of carbonyl (C=O) groups excluding carboxylic acids is 1. The molecule has 2 aromatic rings. The van der Waals surface area contributed by atoms with Gasteiger partial charge >= 0.3 is 0 Å². The van der Waals surface area contributed by atoms with Crippen molar-refractivity contribution in [1.82, 2.24) is 4.98 Å². The van der Waals surface area contributed by atoms with E-state index >= 15 is 0 Å². The predicted octanol–water partition coefficient (Wildman–Crippen LogP) is 3.80. The van der Waals surface area contributed by atoms with E-state index < -0.39 is 0 Å². The van der Waals surface area contributed by atoms with Crippen LogP contribution >= 0.6 is 27.3 Å². The molecule has 0 radical (unpaired) electrons. The number of nitrogens with zero attached hydrogens (tertiary/aromatic N) is 2. The van der Waals surface area contributed by atoms with Crippen LogP contribution in [0.3, 0.4) is 0 Å². The molecule has 0 aliphatic carbocycles. The smallest absolute Gasteiger partial charge is 0.269 e. The molecular formula is C13H13BrN2OS. The molecule has 1 heterocycles. The highest BCUT2D eigenvalue weighted by Crippen LogP contribution is 2.24. The summed E-state index contributed by atoms with van der Waals surface area (Å²) in [5.74, 6) is -0.0312. The van der Waals surface area contributed by atoms with Gasteiger partial charge in [0.05, 0.1) is 11.2 Å². The molecule has 94 valence electrons. The minimum atomic E-state index is -0.0312. The van der Waals surface area contributed by atoms with Crippen molar-refractivity contribution in [2.75, 3.05) is 11.9 Å². The lowest BCUT2D eigenvalue weighted by Gasteiger charge is -2.17. The molecule has 0 fully saturated rings. The Bertz CT molecular complexity index is 594. The molecule has 0 aliphatic heterocycles. The molecule has 1 aromatic carbocycles. The Morgan fingerprint density at radius 2 is 2.11 bits per heavy atom. The van der Waals surface area contributed by atoms with Gasteiger partial charge in [-0.05, 0) is 31.5 Å². The molecule has 0 N–H and O–H groups in total. The maximum absolute atomic E-state index is 12.2. The Morgan fingerprint density at radius 1 is 1.39 bits per heavy atom. The van der Waals surface area contributed by atoms with Crippen LogP contribution in [0.15, 0.2) is 28.9 Å². The highest BCUT2D eigenvalue weighted by Gasteiger charge is 2.16. The first-order valence-corrected chi connectivity index (χ1v) is 7.06. The van der Waals surface area contributed by atoms with Crippen LogP contribution in [0.25, 0.3) is 0 Å². The van der Waals surface area contributed by atoms with Crippen LogP contribution in [0.5, 0.6) is 0 Å². The van der Waals surface area contributed by atoms with Crippen LogP contribution in [0.1, 0.15) is 20.2 Å². The minimum Gasteiger partial charge on any atom is -0.311 e. The topological polar surface area (TPSA) is 33.2 Å². The van der Waals surface area contributed by atoms with E-state index in [2.05, 4.69) is 20.9 Å². The molecule has 0 aliphatic rings. The van der Waals surface area contributed by atoms with Crippen LogP contribution in [0, 0.1) is 13.8 Å². The lowest BCUT2D eigenvalue weighted by molar-refractivity contribution is 0.0996. The van der Waals surface area contributed by atoms with E-state index in [0.717, 1.165) is 20.7 Å².